The Labute approximate surface area is 182 Å². The van der Waals surface area contributed by atoms with Crippen LogP contribution in [-0.4, -0.2) is 37.0 Å². The van der Waals surface area contributed by atoms with E-state index < -0.39 is 6.04 Å². The number of nitriles is 1. The van der Waals surface area contributed by atoms with Gasteiger partial charge in [-0.15, -0.1) is 0 Å². The molecule has 5 rings (SSSR count). The van der Waals surface area contributed by atoms with Gasteiger partial charge in [0.1, 0.15) is 6.04 Å². The molecule has 31 heavy (non-hydrogen) atoms. The summed E-state index contributed by atoms with van der Waals surface area (Å²) in [5.74, 6) is 0.477. The number of nitrogens with one attached hydrogen (secondary N) is 2. The number of carbonyl (C=O) groups excluding carboxylic acids is 2. The summed E-state index contributed by atoms with van der Waals surface area (Å²) in [7, 11) is 1.81. The Kier molecular flexibility index (Phi) is 4.99. The standard InChI is InChI=1S/C25H26N4O2/c1-29-22-12-17(6-7-18(22)13-23(29)30)16-4-2-15(3-5-16)10-21(14-26)28-25(31)24-19-8-9-20(11-19)27-24/h2-7,12,19-21,24,27H,8-11,13H2,1H3,(H,28,31)/t19-,20+,21-,24-/m0/s1. The molecule has 2 aromatic rings. The summed E-state index contributed by atoms with van der Waals surface area (Å²) in [6.45, 7) is 0. The first kappa shape index (κ1) is 19.8. The first-order valence-corrected chi connectivity index (χ1v) is 11.0. The number of piperidine rings is 1. The molecule has 2 aromatic carbocycles. The fourth-order valence-corrected chi connectivity index (χ4v) is 5.23. The van der Waals surface area contributed by atoms with Gasteiger partial charge >= 0.3 is 0 Å². The molecule has 0 aromatic heterocycles. The predicted molar refractivity (Wildman–Crippen MR) is 118 cm³/mol. The number of amides is 2. The molecule has 1 saturated heterocycles. The maximum atomic E-state index is 12.6. The summed E-state index contributed by atoms with van der Waals surface area (Å²) in [5, 5.41) is 15.9. The molecule has 0 radical (unpaired) electrons. The molecule has 2 bridgehead atoms. The van der Waals surface area contributed by atoms with Gasteiger partial charge in [0.05, 0.1) is 18.5 Å². The fourth-order valence-electron chi connectivity index (χ4n) is 5.23. The Balaban J connectivity index is 1.24. The van der Waals surface area contributed by atoms with Crippen LogP contribution in [0.4, 0.5) is 5.69 Å². The molecule has 4 atom stereocenters. The first-order chi connectivity index (χ1) is 15.0. The Morgan fingerprint density at radius 1 is 1.23 bits per heavy atom. The molecule has 6 nitrogen and oxygen atoms in total. The summed E-state index contributed by atoms with van der Waals surface area (Å²) in [6.07, 6.45) is 4.26. The smallest absolute Gasteiger partial charge is 0.238 e. The lowest BCUT2D eigenvalue weighted by Crippen LogP contribution is -2.50. The molecule has 0 spiro atoms. The van der Waals surface area contributed by atoms with E-state index in [1.807, 2.05) is 43.4 Å². The lowest BCUT2D eigenvalue weighted by Gasteiger charge is -2.23. The van der Waals surface area contributed by atoms with Crippen LogP contribution in [0.25, 0.3) is 11.1 Å². The van der Waals surface area contributed by atoms with Gasteiger partial charge in [-0.3, -0.25) is 9.59 Å². The van der Waals surface area contributed by atoms with Crippen molar-refractivity contribution in [2.45, 2.75) is 50.2 Å². The van der Waals surface area contributed by atoms with Crippen LogP contribution in [0.15, 0.2) is 42.5 Å². The fraction of sp³-hybridized carbons (Fsp3) is 0.400. The molecule has 2 aliphatic heterocycles. The summed E-state index contributed by atoms with van der Waals surface area (Å²) in [5.41, 5.74) is 5.14. The van der Waals surface area contributed by atoms with Crippen molar-refractivity contribution in [3.63, 3.8) is 0 Å². The number of fused-ring (bicyclic) bond motifs is 3. The predicted octanol–water partition coefficient (Wildman–Crippen LogP) is 2.56. The van der Waals surface area contributed by atoms with Crippen LogP contribution in [0.2, 0.25) is 0 Å². The van der Waals surface area contributed by atoms with Gasteiger partial charge in [0.15, 0.2) is 0 Å². The van der Waals surface area contributed by atoms with Crippen LogP contribution >= 0.6 is 0 Å². The maximum Gasteiger partial charge on any atom is 0.238 e. The average molecular weight is 415 g/mol. The minimum atomic E-state index is -0.543. The molecular weight excluding hydrogens is 388 g/mol. The van der Waals surface area contributed by atoms with Gasteiger partial charge in [-0.1, -0.05) is 36.4 Å². The molecule has 3 aliphatic rings. The minimum Gasteiger partial charge on any atom is -0.339 e. The van der Waals surface area contributed by atoms with Crippen molar-refractivity contribution in [3.05, 3.63) is 53.6 Å². The molecule has 2 fully saturated rings. The van der Waals surface area contributed by atoms with E-state index in [0.717, 1.165) is 47.2 Å². The molecule has 1 aliphatic carbocycles. The van der Waals surface area contributed by atoms with E-state index in [2.05, 4.69) is 22.8 Å². The highest BCUT2D eigenvalue weighted by molar-refractivity contribution is 6.01. The van der Waals surface area contributed by atoms with Gasteiger partial charge in [0.25, 0.3) is 0 Å². The van der Waals surface area contributed by atoms with Crippen molar-refractivity contribution < 1.29 is 9.59 Å². The summed E-state index contributed by atoms with van der Waals surface area (Å²) in [4.78, 5) is 26.2. The molecule has 0 unspecified atom stereocenters. The first-order valence-electron chi connectivity index (χ1n) is 11.0. The van der Waals surface area contributed by atoms with Gasteiger partial charge < -0.3 is 15.5 Å². The van der Waals surface area contributed by atoms with Crippen molar-refractivity contribution in [2.24, 2.45) is 5.92 Å². The van der Waals surface area contributed by atoms with E-state index in [0.29, 0.717) is 24.8 Å². The Hall–Kier alpha value is -3.17. The average Bonchev–Trinajstić information content (AvgIpc) is 3.49. The largest absolute Gasteiger partial charge is 0.339 e. The van der Waals surface area contributed by atoms with E-state index >= 15 is 0 Å². The molecular formula is C25H26N4O2. The Morgan fingerprint density at radius 2 is 2.00 bits per heavy atom. The van der Waals surface area contributed by atoms with Crippen molar-refractivity contribution in [1.82, 2.24) is 10.6 Å². The lowest BCUT2D eigenvalue weighted by atomic mass is 9.97. The molecule has 2 heterocycles. The van der Waals surface area contributed by atoms with E-state index in [1.165, 1.54) is 0 Å². The van der Waals surface area contributed by atoms with Crippen molar-refractivity contribution in [2.75, 3.05) is 11.9 Å². The summed E-state index contributed by atoms with van der Waals surface area (Å²) < 4.78 is 0. The normalized spacial score (nSPS) is 24.7. The van der Waals surface area contributed by atoms with Crippen LogP contribution in [0.5, 0.6) is 0 Å². The zero-order valence-corrected chi connectivity index (χ0v) is 17.6. The van der Waals surface area contributed by atoms with Crippen LogP contribution in [0.3, 0.4) is 0 Å². The third-order valence-electron chi connectivity index (χ3n) is 7.00. The van der Waals surface area contributed by atoms with Gasteiger partial charge in [-0.25, -0.2) is 0 Å². The number of rotatable bonds is 5. The summed E-state index contributed by atoms with van der Waals surface area (Å²) >= 11 is 0. The zero-order chi connectivity index (χ0) is 21.5. The van der Waals surface area contributed by atoms with Gasteiger partial charge in [0, 0.05) is 25.2 Å². The quantitative estimate of drug-likeness (QED) is 0.788. The van der Waals surface area contributed by atoms with Crippen LogP contribution in [-0.2, 0) is 22.4 Å². The Bertz CT molecular complexity index is 1070. The molecule has 2 amide bonds. The second-order valence-corrected chi connectivity index (χ2v) is 8.98. The molecule has 1 saturated carbocycles. The van der Waals surface area contributed by atoms with E-state index in [1.54, 1.807) is 4.90 Å². The van der Waals surface area contributed by atoms with E-state index in [-0.39, 0.29) is 17.9 Å². The van der Waals surface area contributed by atoms with Crippen LogP contribution in [0, 0.1) is 17.2 Å². The third-order valence-corrected chi connectivity index (χ3v) is 7.00. The van der Waals surface area contributed by atoms with E-state index in [4.69, 9.17) is 0 Å². The number of benzene rings is 2. The Morgan fingerprint density at radius 3 is 2.68 bits per heavy atom. The van der Waals surface area contributed by atoms with Crippen LogP contribution in [0.1, 0.15) is 30.4 Å². The van der Waals surface area contributed by atoms with E-state index in [9.17, 15) is 14.9 Å². The van der Waals surface area contributed by atoms with Crippen LogP contribution < -0.4 is 15.5 Å². The lowest BCUT2D eigenvalue weighted by molar-refractivity contribution is -0.124. The summed E-state index contributed by atoms with van der Waals surface area (Å²) in [6, 6.07) is 16.2. The highest BCUT2D eigenvalue weighted by Crippen LogP contribution is 2.35. The molecule has 2 N–H and O–H groups in total. The highest BCUT2D eigenvalue weighted by atomic mass is 16.2. The van der Waals surface area contributed by atoms with Gasteiger partial charge in [-0.2, -0.15) is 5.26 Å². The second-order valence-electron chi connectivity index (χ2n) is 8.98. The zero-order valence-electron chi connectivity index (χ0n) is 17.6. The topological polar surface area (TPSA) is 85.2 Å². The van der Waals surface area contributed by atoms with Crippen molar-refractivity contribution >= 4 is 17.5 Å². The maximum absolute atomic E-state index is 12.6. The number of anilines is 1. The minimum absolute atomic E-state index is 0.0489. The van der Waals surface area contributed by atoms with Crippen molar-refractivity contribution in [1.29, 1.82) is 5.26 Å². The second kappa shape index (κ2) is 7.82. The number of nitrogens with zero attached hydrogens (tertiary/aromatic N) is 2. The highest BCUT2D eigenvalue weighted by Gasteiger charge is 2.43. The van der Waals surface area contributed by atoms with Crippen molar-refractivity contribution in [3.8, 4) is 17.2 Å². The SMILES string of the molecule is CN1C(=O)Cc2ccc(-c3ccc(C[C@@H](C#N)NC(=O)[C@H]4N[C@@H]5CC[C@H]4C5)cc3)cc21. The number of likely N-dealkylation sites (N-methyl/N-ethyl adjacent to an activating group) is 1. The molecule has 158 valence electrons. The third kappa shape index (κ3) is 3.70. The van der Waals surface area contributed by atoms with Gasteiger partial charge in [-0.05, 0) is 53.5 Å². The monoisotopic (exact) mass is 414 g/mol. The number of hydrogen-bond acceptors (Lipinski definition) is 4. The number of carbonyl (C=O) groups is 2. The number of hydrogen-bond donors (Lipinski definition) is 2. The molecule has 6 heteroatoms. The van der Waals surface area contributed by atoms with Gasteiger partial charge in [0.2, 0.25) is 11.8 Å².